The lowest BCUT2D eigenvalue weighted by Crippen LogP contribution is -2.33. The molecular formula is C10H12ClN3O2S. The second kappa shape index (κ2) is 5.59. The molecule has 1 aliphatic heterocycles. The second-order valence-corrected chi connectivity index (χ2v) is 4.44. The van der Waals surface area contributed by atoms with E-state index >= 15 is 0 Å². The van der Waals surface area contributed by atoms with E-state index in [0.29, 0.717) is 18.3 Å². The molecule has 1 N–H and O–H groups in total. The second-order valence-electron chi connectivity index (χ2n) is 3.50. The van der Waals surface area contributed by atoms with E-state index < -0.39 is 0 Å². The van der Waals surface area contributed by atoms with Gasteiger partial charge in [-0.2, -0.15) is 4.98 Å². The predicted octanol–water partition coefficient (Wildman–Crippen LogP) is 1.88. The fourth-order valence-corrected chi connectivity index (χ4v) is 2.25. The number of rotatable bonds is 2. The SMILES string of the molecule is Cl.c1csc(-c2noc([C@@H]3CNCCO3)n2)c1. The normalized spacial score (nSPS) is 19.9. The van der Waals surface area contributed by atoms with Gasteiger partial charge in [-0.25, -0.2) is 0 Å². The Morgan fingerprint density at radius 1 is 1.47 bits per heavy atom. The summed E-state index contributed by atoms with van der Waals surface area (Å²) in [7, 11) is 0. The van der Waals surface area contributed by atoms with Gasteiger partial charge in [0.2, 0.25) is 5.82 Å². The summed E-state index contributed by atoms with van der Waals surface area (Å²) < 4.78 is 10.7. The van der Waals surface area contributed by atoms with Crippen molar-refractivity contribution in [2.45, 2.75) is 6.10 Å². The highest BCUT2D eigenvalue weighted by molar-refractivity contribution is 7.13. The number of nitrogens with zero attached hydrogens (tertiary/aromatic N) is 2. The lowest BCUT2D eigenvalue weighted by Gasteiger charge is -2.19. The third kappa shape index (κ3) is 2.66. The molecule has 17 heavy (non-hydrogen) atoms. The quantitative estimate of drug-likeness (QED) is 0.905. The Bertz CT molecular complexity index is 454. The lowest BCUT2D eigenvalue weighted by molar-refractivity contribution is 0.00755. The van der Waals surface area contributed by atoms with Crippen molar-refractivity contribution in [3.8, 4) is 10.7 Å². The number of aromatic nitrogens is 2. The molecule has 1 aliphatic rings. The zero-order chi connectivity index (χ0) is 10.8. The predicted molar refractivity (Wildman–Crippen MR) is 66.4 cm³/mol. The van der Waals surface area contributed by atoms with Gasteiger partial charge in [0.1, 0.15) is 6.10 Å². The molecule has 7 heteroatoms. The van der Waals surface area contributed by atoms with E-state index in [1.807, 2.05) is 17.5 Å². The van der Waals surface area contributed by atoms with Crippen LogP contribution in [-0.4, -0.2) is 29.8 Å². The fourth-order valence-electron chi connectivity index (χ4n) is 1.60. The molecule has 0 aliphatic carbocycles. The minimum atomic E-state index is -0.116. The highest BCUT2D eigenvalue weighted by Crippen LogP contribution is 2.24. The first-order chi connectivity index (χ1) is 7.93. The molecule has 0 amide bonds. The molecule has 2 aromatic rings. The van der Waals surface area contributed by atoms with E-state index in [1.165, 1.54) is 0 Å². The van der Waals surface area contributed by atoms with Gasteiger partial charge < -0.3 is 14.6 Å². The van der Waals surface area contributed by atoms with Crippen molar-refractivity contribution in [3.05, 3.63) is 23.4 Å². The minimum absolute atomic E-state index is 0. The monoisotopic (exact) mass is 273 g/mol. The Hall–Kier alpha value is -0.950. The van der Waals surface area contributed by atoms with E-state index in [1.54, 1.807) is 11.3 Å². The molecule has 0 radical (unpaired) electrons. The van der Waals surface area contributed by atoms with Crippen LogP contribution in [0.5, 0.6) is 0 Å². The highest BCUT2D eigenvalue weighted by Gasteiger charge is 2.22. The van der Waals surface area contributed by atoms with Gasteiger partial charge in [-0.3, -0.25) is 0 Å². The third-order valence-electron chi connectivity index (χ3n) is 2.39. The standard InChI is InChI=1S/C10H11N3O2S.ClH/c1-2-8(16-5-1)9-12-10(15-13-9)7-6-11-3-4-14-7;/h1-2,5,7,11H,3-4,6H2;1H/t7-;/m0./s1. The molecule has 0 aromatic carbocycles. The van der Waals surface area contributed by atoms with Gasteiger partial charge in [0.15, 0.2) is 0 Å². The number of hydrogen-bond acceptors (Lipinski definition) is 6. The van der Waals surface area contributed by atoms with Crippen molar-refractivity contribution in [2.24, 2.45) is 0 Å². The molecule has 5 nitrogen and oxygen atoms in total. The Morgan fingerprint density at radius 2 is 2.41 bits per heavy atom. The molecule has 92 valence electrons. The Morgan fingerprint density at radius 3 is 3.12 bits per heavy atom. The highest BCUT2D eigenvalue weighted by atomic mass is 35.5. The minimum Gasteiger partial charge on any atom is -0.366 e. The molecule has 1 fully saturated rings. The average molecular weight is 274 g/mol. The molecule has 3 rings (SSSR count). The van der Waals surface area contributed by atoms with Crippen molar-refractivity contribution in [1.29, 1.82) is 0 Å². The first-order valence-corrected chi connectivity index (χ1v) is 6.01. The van der Waals surface area contributed by atoms with Gasteiger partial charge in [-0.05, 0) is 11.4 Å². The molecule has 1 atom stereocenters. The van der Waals surface area contributed by atoms with Crippen LogP contribution in [0.4, 0.5) is 0 Å². The zero-order valence-corrected chi connectivity index (χ0v) is 10.6. The summed E-state index contributed by atoms with van der Waals surface area (Å²) in [5.74, 6) is 1.19. The Kier molecular flexibility index (Phi) is 4.11. The number of ether oxygens (including phenoxy) is 1. The zero-order valence-electron chi connectivity index (χ0n) is 8.96. The van der Waals surface area contributed by atoms with Gasteiger partial charge in [-0.1, -0.05) is 11.2 Å². The van der Waals surface area contributed by atoms with Crippen molar-refractivity contribution >= 4 is 23.7 Å². The summed E-state index contributed by atoms with van der Waals surface area (Å²) in [6, 6.07) is 3.94. The summed E-state index contributed by atoms with van der Waals surface area (Å²) in [5.41, 5.74) is 0. The Labute approximate surface area is 109 Å². The van der Waals surface area contributed by atoms with E-state index in [4.69, 9.17) is 9.26 Å². The van der Waals surface area contributed by atoms with Crippen LogP contribution in [0.25, 0.3) is 10.7 Å². The van der Waals surface area contributed by atoms with Crippen molar-refractivity contribution in [1.82, 2.24) is 15.5 Å². The fraction of sp³-hybridized carbons (Fsp3) is 0.400. The molecule has 0 saturated carbocycles. The van der Waals surface area contributed by atoms with Crippen LogP contribution >= 0.6 is 23.7 Å². The molecule has 1 saturated heterocycles. The van der Waals surface area contributed by atoms with Crippen LogP contribution in [0, 0.1) is 0 Å². The van der Waals surface area contributed by atoms with E-state index in [0.717, 1.165) is 18.0 Å². The number of nitrogens with one attached hydrogen (secondary N) is 1. The van der Waals surface area contributed by atoms with Crippen LogP contribution in [-0.2, 0) is 4.74 Å². The van der Waals surface area contributed by atoms with E-state index in [2.05, 4.69) is 15.5 Å². The Balaban J connectivity index is 0.00000108. The van der Waals surface area contributed by atoms with Crippen LogP contribution in [0.15, 0.2) is 22.0 Å². The molecule has 0 spiro atoms. The number of halogens is 1. The van der Waals surface area contributed by atoms with Gasteiger partial charge >= 0.3 is 0 Å². The molecular weight excluding hydrogens is 262 g/mol. The summed E-state index contributed by atoms with van der Waals surface area (Å²) in [6.07, 6.45) is -0.116. The van der Waals surface area contributed by atoms with Crippen LogP contribution in [0.1, 0.15) is 12.0 Å². The maximum atomic E-state index is 5.54. The molecule has 2 aromatic heterocycles. The largest absolute Gasteiger partial charge is 0.366 e. The summed E-state index contributed by atoms with van der Waals surface area (Å²) in [5, 5.41) is 9.17. The first kappa shape index (κ1) is 12.5. The van der Waals surface area contributed by atoms with Gasteiger partial charge in [0, 0.05) is 13.1 Å². The average Bonchev–Trinajstić information content (AvgIpc) is 3.01. The van der Waals surface area contributed by atoms with Crippen LogP contribution in [0.2, 0.25) is 0 Å². The third-order valence-corrected chi connectivity index (χ3v) is 3.25. The first-order valence-electron chi connectivity index (χ1n) is 5.13. The molecule has 0 unspecified atom stereocenters. The summed E-state index contributed by atoms with van der Waals surface area (Å²) >= 11 is 1.59. The smallest absolute Gasteiger partial charge is 0.257 e. The van der Waals surface area contributed by atoms with Crippen LogP contribution in [0.3, 0.4) is 0 Å². The van der Waals surface area contributed by atoms with E-state index in [-0.39, 0.29) is 18.5 Å². The maximum absolute atomic E-state index is 5.54. The van der Waals surface area contributed by atoms with E-state index in [9.17, 15) is 0 Å². The van der Waals surface area contributed by atoms with Crippen molar-refractivity contribution < 1.29 is 9.26 Å². The molecule has 3 heterocycles. The van der Waals surface area contributed by atoms with Gasteiger partial charge in [0.25, 0.3) is 5.89 Å². The lowest BCUT2D eigenvalue weighted by atomic mass is 10.3. The van der Waals surface area contributed by atoms with Crippen LogP contribution < -0.4 is 5.32 Å². The topological polar surface area (TPSA) is 60.2 Å². The maximum Gasteiger partial charge on any atom is 0.257 e. The van der Waals surface area contributed by atoms with Crippen molar-refractivity contribution in [2.75, 3.05) is 19.7 Å². The number of morpholine rings is 1. The molecule has 0 bridgehead atoms. The number of thiophene rings is 1. The number of hydrogen-bond donors (Lipinski definition) is 1. The van der Waals surface area contributed by atoms with Crippen molar-refractivity contribution in [3.63, 3.8) is 0 Å². The summed E-state index contributed by atoms with van der Waals surface area (Å²) in [4.78, 5) is 5.36. The summed E-state index contributed by atoms with van der Waals surface area (Å²) in [6.45, 7) is 2.29. The van der Waals surface area contributed by atoms with Gasteiger partial charge in [0.05, 0.1) is 11.5 Å². The van der Waals surface area contributed by atoms with Gasteiger partial charge in [-0.15, -0.1) is 23.7 Å².